The monoisotopic (exact) mass is 445 g/mol. The number of benzene rings is 1. The molecule has 0 aliphatic heterocycles. The molecule has 0 bridgehead atoms. The van der Waals surface area contributed by atoms with Gasteiger partial charge in [0.25, 0.3) is 5.91 Å². The summed E-state index contributed by atoms with van der Waals surface area (Å²) >= 11 is 1.38. The van der Waals surface area contributed by atoms with E-state index in [1.54, 1.807) is 31.4 Å². The summed E-state index contributed by atoms with van der Waals surface area (Å²) in [6, 6.07) is 6.92. The van der Waals surface area contributed by atoms with Crippen LogP contribution in [0.1, 0.15) is 68.2 Å². The fourth-order valence-corrected chi connectivity index (χ4v) is 4.58. The van der Waals surface area contributed by atoms with Crippen molar-refractivity contribution in [2.45, 2.75) is 69.7 Å². The Kier molecular flexibility index (Phi) is 8.34. The van der Waals surface area contributed by atoms with E-state index < -0.39 is 0 Å². The lowest BCUT2D eigenvalue weighted by Gasteiger charge is -2.22. The van der Waals surface area contributed by atoms with Crippen LogP contribution in [0.3, 0.4) is 0 Å². The second-order valence-corrected chi connectivity index (χ2v) is 8.64. The summed E-state index contributed by atoms with van der Waals surface area (Å²) in [6.45, 7) is 4.52. The number of aromatic nitrogens is 3. The normalized spacial score (nSPS) is 15.3. The van der Waals surface area contributed by atoms with Crippen LogP contribution in [0.2, 0.25) is 0 Å². The Hall–Kier alpha value is -2.55. The first-order valence-electron chi connectivity index (χ1n) is 10.8. The van der Waals surface area contributed by atoms with Crippen LogP contribution in [0.25, 0.3) is 0 Å². The lowest BCUT2D eigenvalue weighted by atomic mass is 9.95. The standard InChI is InChI=1S/C22H31N5O3S/c1-4-27-20(15(2)23-21(29)16-10-12-18(30-3)13-11-16)25-26-22(27)31-14-19(28)24-17-8-6-5-7-9-17/h10-13,15,17H,4-9,14H2,1-3H3,(H,23,29)(H,24,28). The molecule has 1 unspecified atom stereocenters. The predicted molar refractivity (Wildman–Crippen MR) is 120 cm³/mol. The zero-order valence-electron chi connectivity index (χ0n) is 18.4. The largest absolute Gasteiger partial charge is 0.497 e. The summed E-state index contributed by atoms with van der Waals surface area (Å²) in [5.41, 5.74) is 0.546. The van der Waals surface area contributed by atoms with Crippen LogP contribution >= 0.6 is 11.8 Å². The lowest BCUT2D eigenvalue weighted by Crippen LogP contribution is -2.37. The second kappa shape index (κ2) is 11.2. The van der Waals surface area contributed by atoms with Crippen LogP contribution in [0, 0.1) is 0 Å². The van der Waals surface area contributed by atoms with Gasteiger partial charge in [-0.15, -0.1) is 10.2 Å². The molecule has 1 fully saturated rings. The molecule has 1 aromatic heterocycles. The number of nitrogens with zero attached hydrogens (tertiary/aromatic N) is 3. The van der Waals surface area contributed by atoms with Gasteiger partial charge in [0.1, 0.15) is 5.75 Å². The number of carbonyl (C=O) groups is 2. The SMILES string of the molecule is CCn1c(SCC(=O)NC2CCCCC2)nnc1C(C)NC(=O)c1ccc(OC)cc1. The minimum absolute atomic E-state index is 0.0324. The Bertz CT molecular complexity index is 878. The fraction of sp³-hybridized carbons (Fsp3) is 0.545. The van der Waals surface area contributed by atoms with E-state index in [0.29, 0.717) is 40.6 Å². The van der Waals surface area contributed by atoms with Crippen molar-refractivity contribution in [2.75, 3.05) is 12.9 Å². The molecule has 1 heterocycles. The average Bonchev–Trinajstić information content (AvgIpc) is 3.21. The van der Waals surface area contributed by atoms with E-state index in [1.165, 1.54) is 31.0 Å². The van der Waals surface area contributed by atoms with Gasteiger partial charge in [-0.3, -0.25) is 9.59 Å². The molecule has 2 aromatic rings. The van der Waals surface area contributed by atoms with Gasteiger partial charge in [0.15, 0.2) is 11.0 Å². The molecule has 1 atom stereocenters. The van der Waals surface area contributed by atoms with Crippen LogP contribution in [0.4, 0.5) is 0 Å². The maximum Gasteiger partial charge on any atom is 0.251 e. The smallest absolute Gasteiger partial charge is 0.251 e. The van der Waals surface area contributed by atoms with Crippen LogP contribution in [-0.4, -0.2) is 45.5 Å². The van der Waals surface area contributed by atoms with E-state index in [1.807, 2.05) is 18.4 Å². The Morgan fingerprint density at radius 3 is 2.55 bits per heavy atom. The molecule has 0 saturated heterocycles. The highest BCUT2D eigenvalue weighted by Gasteiger charge is 2.21. The molecule has 168 valence electrons. The number of ether oxygens (including phenoxy) is 1. The molecule has 1 aromatic carbocycles. The van der Waals surface area contributed by atoms with Crippen LogP contribution < -0.4 is 15.4 Å². The molecular weight excluding hydrogens is 414 g/mol. The van der Waals surface area contributed by atoms with Crippen molar-refractivity contribution in [1.82, 2.24) is 25.4 Å². The van der Waals surface area contributed by atoms with Gasteiger partial charge in [-0.2, -0.15) is 0 Å². The molecule has 2 N–H and O–H groups in total. The molecule has 31 heavy (non-hydrogen) atoms. The number of carbonyl (C=O) groups excluding carboxylic acids is 2. The van der Waals surface area contributed by atoms with Gasteiger partial charge >= 0.3 is 0 Å². The first-order chi connectivity index (χ1) is 15.0. The van der Waals surface area contributed by atoms with Crippen molar-refractivity contribution in [2.24, 2.45) is 0 Å². The Morgan fingerprint density at radius 2 is 1.90 bits per heavy atom. The number of amides is 2. The molecular formula is C22H31N5O3S. The topological polar surface area (TPSA) is 98.1 Å². The number of hydrogen-bond donors (Lipinski definition) is 2. The van der Waals surface area contributed by atoms with Crippen LogP contribution in [0.5, 0.6) is 5.75 Å². The van der Waals surface area contributed by atoms with Gasteiger partial charge in [0, 0.05) is 18.2 Å². The van der Waals surface area contributed by atoms with E-state index in [0.717, 1.165) is 12.8 Å². The van der Waals surface area contributed by atoms with E-state index in [4.69, 9.17) is 4.74 Å². The first-order valence-corrected chi connectivity index (χ1v) is 11.8. The quantitative estimate of drug-likeness (QED) is 0.575. The van der Waals surface area contributed by atoms with Gasteiger partial charge in [-0.05, 0) is 51.0 Å². The lowest BCUT2D eigenvalue weighted by molar-refractivity contribution is -0.119. The third-order valence-electron chi connectivity index (χ3n) is 5.45. The molecule has 9 heteroatoms. The maximum atomic E-state index is 12.6. The number of rotatable bonds is 9. The van der Waals surface area contributed by atoms with Crippen molar-refractivity contribution < 1.29 is 14.3 Å². The van der Waals surface area contributed by atoms with Crippen molar-refractivity contribution in [3.63, 3.8) is 0 Å². The molecule has 3 rings (SSSR count). The summed E-state index contributed by atoms with van der Waals surface area (Å²) in [6.07, 6.45) is 5.77. The van der Waals surface area contributed by atoms with Crippen LogP contribution in [0.15, 0.2) is 29.4 Å². The minimum Gasteiger partial charge on any atom is -0.497 e. The van der Waals surface area contributed by atoms with Gasteiger partial charge in [0.2, 0.25) is 5.91 Å². The molecule has 1 aliphatic rings. The highest BCUT2D eigenvalue weighted by atomic mass is 32.2. The third kappa shape index (κ3) is 6.22. The van der Waals surface area contributed by atoms with Crippen molar-refractivity contribution in [1.29, 1.82) is 0 Å². The number of hydrogen-bond acceptors (Lipinski definition) is 6. The number of methoxy groups -OCH3 is 1. The maximum absolute atomic E-state index is 12.6. The first kappa shape index (κ1) is 23.1. The summed E-state index contributed by atoms with van der Waals surface area (Å²) in [4.78, 5) is 24.9. The molecule has 8 nitrogen and oxygen atoms in total. The Morgan fingerprint density at radius 1 is 1.19 bits per heavy atom. The molecule has 1 aliphatic carbocycles. The Labute approximate surface area is 187 Å². The van der Waals surface area contributed by atoms with Crippen molar-refractivity contribution in [3.8, 4) is 5.75 Å². The molecule has 0 spiro atoms. The zero-order valence-corrected chi connectivity index (χ0v) is 19.2. The third-order valence-corrected chi connectivity index (χ3v) is 6.42. The highest BCUT2D eigenvalue weighted by Crippen LogP contribution is 2.22. The van der Waals surface area contributed by atoms with Crippen molar-refractivity contribution in [3.05, 3.63) is 35.7 Å². The second-order valence-electron chi connectivity index (χ2n) is 7.70. The van der Waals surface area contributed by atoms with Crippen LogP contribution in [-0.2, 0) is 11.3 Å². The minimum atomic E-state index is -0.326. The molecule has 0 radical (unpaired) electrons. The molecule has 1 saturated carbocycles. The van der Waals surface area contributed by atoms with E-state index in [9.17, 15) is 9.59 Å². The van der Waals surface area contributed by atoms with E-state index in [2.05, 4.69) is 20.8 Å². The summed E-state index contributed by atoms with van der Waals surface area (Å²) in [5.74, 6) is 1.51. The van der Waals surface area contributed by atoms with Gasteiger partial charge in [0.05, 0.1) is 18.9 Å². The average molecular weight is 446 g/mol. The fourth-order valence-electron chi connectivity index (χ4n) is 3.76. The zero-order chi connectivity index (χ0) is 22.2. The van der Waals surface area contributed by atoms with Gasteiger partial charge in [-0.1, -0.05) is 31.0 Å². The van der Waals surface area contributed by atoms with Crippen molar-refractivity contribution >= 4 is 23.6 Å². The van der Waals surface area contributed by atoms with E-state index in [-0.39, 0.29) is 17.9 Å². The van der Waals surface area contributed by atoms with Gasteiger partial charge in [-0.25, -0.2) is 0 Å². The predicted octanol–water partition coefficient (Wildman–Crippen LogP) is 3.34. The Balaban J connectivity index is 1.57. The highest BCUT2D eigenvalue weighted by molar-refractivity contribution is 7.99. The summed E-state index contributed by atoms with van der Waals surface area (Å²) in [7, 11) is 1.59. The summed E-state index contributed by atoms with van der Waals surface area (Å²) in [5, 5.41) is 15.3. The van der Waals surface area contributed by atoms with E-state index >= 15 is 0 Å². The number of thioether (sulfide) groups is 1. The summed E-state index contributed by atoms with van der Waals surface area (Å²) < 4.78 is 7.07. The number of nitrogens with one attached hydrogen (secondary N) is 2. The molecule has 2 amide bonds. The van der Waals surface area contributed by atoms with Gasteiger partial charge < -0.3 is 19.9 Å².